The van der Waals surface area contributed by atoms with Crippen LogP contribution in [0.4, 0.5) is 4.79 Å². The molecule has 0 aliphatic rings. The number of hydrazone groups is 1. The SMILES string of the molecule is COC(=O)CCCCCCCC/C=N/NC(N)=O. The molecule has 18 heavy (non-hydrogen) atoms. The van der Waals surface area contributed by atoms with Crippen LogP contribution in [-0.2, 0) is 9.53 Å². The summed E-state index contributed by atoms with van der Waals surface area (Å²) in [6, 6.07) is -0.642. The maximum Gasteiger partial charge on any atom is 0.332 e. The molecule has 0 saturated carbocycles. The molecule has 6 heteroatoms. The summed E-state index contributed by atoms with van der Waals surface area (Å²) in [7, 11) is 1.41. The molecule has 0 fully saturated rings. The van der Waals surface area contributed by atoms with Crippen molar-refractivity contribution in [2.24, 2.45) is 10.8 Å². The predicted octanol–water partition coefficient (Wildman–Crippen LogP) is 1.93. The number of nitrogens with zero attached hydrogens (tertiary/aromatic N) is 1. The normalized spacial score (nSPS) is 10.5. The highest BCUT2D eigenvalue weighted by molar-refractivity contribution is 5.72. The number of unbranched alkanes of at least 4 members (excludes halogenated alkanes) is 6. The fourth-order valence-corrected chi connectivity index (χ4v) is 1.49. The molecule has 3 N–H and O–H groups in total. The highest BCUT2D eigenvalue weighted by Crippen LogP contribution is 2.08. The van der Waals surface area contributed by atoms with E-state index in [4.69, 9.17) is 5.73 Å². The van der Waals surface area contributed by atoms with Gasteiger partial charge in [-0.1, -0.05) is 25.7 Å². The Hall–Kier alpha value is -1.59. The quantitative estimate of drug-likeness (QED) is 0.271. The van der Waals surface area contributed by atoms with E-state index in [0.29, 0.717) is 6.42 Å². The second-order valence-electron chi connectivity index (χ2n) is 4.02. The summed E-state index contributed by atoms with van der Waals surface area (Å²) in [6.45, 7) is 0. The lowest BCUT2D eigenvalue weighted by Crippen LogP contribution is -2.24. The van der Waals surface area contributed by atoms with Gasteiger partial charge in [-0.3, -0.25) is 4.79 Å². The molecule has 0 heterocycles. The fourth-order valence-electron chi connectivity index (χ4n) is 1.49. The molecule has 104 valence electrons. The summed E-state index contributed by atoms with van der Waals surface area (Å²) in [6.07, 6.45) is 9.42. The average Bonchev–Trinajstić information content (AvgIpc) is 2.35. The number of hydrogen-bond donors (Lipinski definition) is 2. The molecule has 0 radical (unpaired) electrons. The van der Waals surface area contributed by atoms with Crippen LogP contribution in [0.2, 0.25) is 0 Å². The number of rotatable bonds is 10. The van der Waals surface area contributed by atoms with Gasteiger partial charge >= 0.3 is 12.0 Å². The van der Waals surface area contributed by atoms with Crippen molar-refractivity contribution in [3.8, 4) is 0 Å². The Kier molecular flexibility index (Phi) is 10.8. The number of esters is 1. The van der Waals surface area contributed by atoms with Crippen LogP contribution in [0.1, 0.15) is 51.4 Å². The predicted molar refractivity (Wildman–Crippen MR) is 70.2 cm³/mol. The van der Waals surface area contributed by atoms with E-state index >= 15 is 0 Å². The van der Waals surface area contributed by atoms with Crippen LogP contribution >= 0.6 is 0 Å². The van der Waals surface area contributed by atoms with Gasteiger partial charge < -0.3 is 10.5 Å². The molecule has 0 aromatic carbocycles. The van der Waals surface area contributed by atoms with Crippen molar-refractivity contribution in [2.75, 3.05) is 7.11 Å². The number of ether oxygens (including phenoxy) is 1. The van der Waals surface area contributed by atoms with E-state index in [2.05, 4.69) is 15.3 Å². The minimum atomic E-state index is -0.642. The summed E-state index contributed by atoms with van der Waals surface area (Å²) in [5.74, 6) is -0.131. The van der Waals surface area contributed by atoms with E-state index in [1.54, 1.807) is 6.21 Å². The molecule has 0 aliphatic carbocycles. The van der Waals surface area contributed by atoms with Gasteiger partial charge in [0.05, 0.1) is 7.11 Å². The first-order chi connectivity index (χ1) is 8.66. The van der Waals surface area contributed by atoms with Gasteiger partial charge in [0.1, 0.15) is 0 Å². The lowest BCUT2D eigenvalue weighted by atomic mass is 10.1. The number of amides is 2. The van der Waals surface area contributed by atoms with Crippen LogP contribution in [0.3, 0.4) is 0 Å². The summed E-state index contributed by atoms with van der Waals surface area (Å²) in [4.78, 5) is 21.1. The molecular weight excluding hydrogens is 234 g/mol. The Balaban J connectivity index is 3.14. The van der Waals surface area contributed by atoms with Crippen LogP contribution < -0.4 is 11.2 Å². The fraction of sp³-hybridized carbons (Fsp3) is 0.750. The lowest BCUT2D eigenvalue weighted by Gasteiger charge is -2.00. The maximum absolute atomic E-state index is 10.8. The van der Waals surface area contributed by atoms with E-state index in [0.717, 1.165) is 44.9 Å². The molecule has 0 spiro atoms. The monoisotopic (exact) mass is 257 g/mol. The number of methoxy groups -OCH3 is 1. The van der Waals surface area contributed by atoms with E-state index in [1.165, 1.54) is 7.11 Å². The molecule has 2 amide bonds. The standard InChI is InChI=1S/C12H23N3O3/c1-18-11(16)9-7-5-3-2-4-6-8-10-14-15-12(13)17/h10H,2-9H2,1H3,(H3,13,15,17)/b14-10+. The maximum atomic E-state index is 10.8. The summed E-state index contributed by atoms with van der Waals surface area (Å²) in [5, 5.41) is 3.65. The minimum absolute atomic E-state index is 0.131. The van der Waals surface area contributed by atoms with E-state index < -0.39 is 6.03 Å². The zero-order chi connectivity index (χ0) is 13.6. The molecular formula is C12H23N3O3. The van der Waals surface area contributed by atoms with Crippen molar-refractivity contribution in [2.45, 2.75) is 51.4 Å². The number of carbonyl (C=O) groups is 2. The average molecular weight is 257 g/mol. The second kappa shape index (κ2) is 11.9. The Labute approximate surface area is 108 Å². The largest absolute Gasteiger partial charge is 0.469 e. The lowest BCUT2D eigenvalue weighted by molar-refractivity contribution is -0.140. The van der Waals surface area contributed by atoms with Crippen molar-refractivity contribution < 1.29 is 14.3 Å². The molecule has 0 rings (SSSR count). The van der Waals surface area contributed by atoms with Crippen LogP contribution in [0.25, 0.3) is 0 Å². The molecule has 0 bridgehead atoms. The van der Waals surface area contributed by atoms with Gasteiger partial charge in [-0.05, 0) is 19.3 Å². The first-order valence-electron chi connectivity index (χ1n) is 6.30. The van der Waals surface area contributed by atoms with E-state index in [-0.39, 0.29) is 5.97 Å². The summed E-state index contributed by atoms with van der Waals surface area (Å²) >= 11 is 0. The Morgan fingerprint density at radius 2 is 1.78 bits per heavy atom. The third kappa shape index (κ3) is 12.5. The van der Waals surface area contributed by atoms with Crippen molar-refractivity contribution in [3.05, 3.63) is 0 Å². The molecule has 0 aromatic heterocycles. The van der Waals surface area contributed by atoms with Crippen LogP contribution in [0.5, 0.6) is 0 Å². The van der Waals surface area contributed by atoms with Crippen LogP contribution in [0, 0.1) is 0 Å². The molecule has 0 saturated heterocycles. The van der Waals surface area contributed by atoms with Crippen molar-refractivity contribution >= 4 is 18.2 Å². The zero-order valence-corrected chi connectivity index (χ0v) is 11.0. The molecule has 0 unspecified atom stereocenters. The molecule has 0 aromatic rings. The van der Waals surface area contributed by atoms with Gasteiger partial charge in [0, 0.05) is 12.6 Å². The number of carbonyl (C=O) groups excluding carboxylic acids is 2. The Morgan fingerprint density at radius 1 is 1.17 bits per heavy atom. The van der Waals surface area contributed by atoms with Gasteiger partial charge in [-0.15, -0.1) is 0 Å². The topological polar surface area (TPSA) is 93.8 Å². The molecule has 0 atom stereocenters. The molecule has 6 nitrogen and oxygen atoms in total. The Bertz CT molecular complexity index is 267. The van der Waals surface area contributed by atoms with Crippen molar-refractivity contribution in [3.63, 3.8) is 0 Å². The first-order valence-corrected chi connectivity index (χ1v) is 6.30. The number of nitrogens with one attached hydrogen (secondary N) is 1. The van der Waals surface area contributed by atoms with E-state index in [9.17, 15) is 9.59 Å². The number of hydrogen-bond acceptors (Lipinski definition) is 4. The smallest absolute Gasteiger partial charge is 0.332 e. The third-order valence-electron chi connectivity index (χ3n) is 2.46. The summed E-state index contributed by atoms with van der Waals surface area (Å²) in [5.41, 5.74) is 6.98. The third-order valence-corrected chi connectivity index (χ3v) is 2.46. The van der Waals surface area contributed by atoms with Gasteiger partial charge in [-0.2, -0.15) is 5.10 Å². The first kappa shape index (κ1) is 16.4. The van der Waals surface area contributed by atoms with Crippen LogP contribution in [-0.4, -0.2) is 25.3 Å². The van der Waals surface area contributed by atoms with Crippen molar-refractivity contribution in [1.82, 2.24) is 5.43 Å². The second-order valence-corrected chi connectivity index (χ2v) is 4.02. The van der Waals surface area contributed by atoms with Gasteiger partial charge in [0.25, 0.3) is 0 Å². The van der Waals surface area contributed by atoms with Gasteiger partial charge in [0.2, 0.25) is 0 Å². The van der Waals surface area contributed by atoms with E-state index in [1.807, 2.05) is 0 Å². The minimum Gasteiger partial charge on any atom is -0.469 e. The highest BCUT2D eigenvalue weighted by Gasteiger charge is 1.98. The number of primary amides is 1. The van der Waals surface area contributed by atoms with Crippen molar-refractivity contribution in [1.29, 1.82) is 0 Å². The highest BCUT2D eigenvalue weighted by atomic mass is 16.5. The Morgan fingerprint density at radius 3 is 2.39 bits per heavy atom. The van der Waals surface area contributed by atoms with Gasteiger partial charge in [-0.25, -0.2) is 10.2 Å². The number of nitrogens with two attached hydrogens (primary N) is 1. The van der Waals surface area contributed by atoms with Gasteiger partial charge in [0.15, 0.2) is 0 Å². The van der Waals surface area contributed by atoms with Crippen LogP contribution in [0.15, 0.2) is 5.10 Å². The zero-order valence-electron chi connectivity index (χ0n) is 11.0. The summed E-state index contributed by atoms with van der Waals surface area (Å²) < 4.78 is 4.56. The number of urea groups is 1. The molecule has 0 aliphatic heterocycles.